The highest BCUT2D eigenvalue weighted by Gasteiger charge is 2.11. The van der Waals surface area contributed by atoms with E-state index in [2.05, 4.69) is 15.3 Å². The second-order valence-corrected chi connectivity index (χ2v) is 5.32. The lowest BCUT2D eigenvalue weighted by atomic mass is 10.1. The van der Waals surface area contributed by atoms with Crippen molar-refractivity contribution in [1.29, 1.82) is 0 Å². The van der Waals surface area contributed by atoms with Gasteiger partial charge in [0.15, 0.2) is 0 Å². The molecule has 1 atom stereocenters. The maximum Gasteiger partial charge on any atom is 0.132 e. The van der Waals surface area contributed by atoms with Crippen molar-refractivity contribution < 1.29 is 0 Å². The minimum absolute atomic E-state index is 0.0150. The van der Waals surface area contributed by atoms with Crippen LogP contribution in [0.25, 0.3) is 0 Å². The van der Waals surface area contributed by atoms with Crippen molar-refractivity contribution in [3.63, 3.8) is 0 Å². The quantitative estimate of drug-likeness (QED) is 0.892. The molecule has 1 unspecified atom stereocenters. The van der Waals surface area contributed by atoms with Crippen LogP contribution >= 0.6 is 23.2 Å². The van der Waals surface area contributed by atoms with Gasteiger partial charge in [0.2, 0.25) is 0 Å². The number of rotatable bonds is 4. The lowest BCUT2D eigenvalue weighted by Crippen LogP contribution is -2.10. The van der Waals surface area contributed by atoms with Crippen LogP contribution in [0, 0.1) is 0 Å². The van der Waals surface area contributed by atoms with Crippen LogP contribution in [0.3, 0.4) is 0 Å². The molecule has 20 heavy (non-hydrogen) atoms. The van der Waals surface area contributed by atoms with Crippen molar-refractivity contribution in [2.75, 3.05) is 11.1 Å². The van der Waals surface area contributed by atoms with Crippen LogP contribution in [-0.2, 0) is 6.42 Å². The summed E-state index contributed by atoms with van der Waals surface area (Å²) in [5.41, 5.74) is 6.71. The number of aryl methyl sites for hydroxylation is 1. The van der Waals surface area contributed by atoms with Gasteiger partial charge in [0.1, 0.15) is 17.5 Å². The van der Waals surface area contributed by atoms with Gasteiger partial charge in [-0.1, -0.05) is 36.2 Å². The molecule has 1 heterocycles. The van der Waals surface area contributed by atoms with E-state index in [9.17, 15) is 0 Å². The van der Waals surface area contributed by atoms with Gasteiger partial charge in [-0.25, -0.2) is 9.97 Å². The smallest absolute Gasteiger partial charge is 0.132 e. The van der Waals surface area contributed by atoms with Gasteiger partial charge < -0.3 is 11.1 Å². The van der Waals surface area contributed by atoms with Crippen LogP contribution in [0.4, 0.5) is 11.6 Å². The summed E-state index contributed by atoms with van der Waals surface area (Å²) < 4.78 is 0. The molecule has 0 fully saturated rings. The van der Waals surface area contributed by atoms with Gasteiger partial charge in [0.25, 0.3) is 0 Å². The van der Waals surface area contributed by atoms with E-state index >= 15 is 0 Å². The first-order chi connectivity index (χ1) is 9.49. The van der Waals surface area contributed by atoms with E-state index in [1.165, 1.54) is 0 Å². The minimum atomic E-state index is -0.0150. The first-order valence-corrected chi connectivity index (χ1v) is 7.10. The summed E-state index contributed by atoms with van der Waals surface area (Å²) >= 11 is 12.1. The molecule has 0 radical (unpaired) electrons. The van der Waals surface area contributed by atoms with Gasteiger partial charge in [-0.3, -0.25) is 0 Å². The van der Waals surface area contributed by atoms with Crippen molar-refractivity contribution in [3.8, 4) is 0 Å². The first kappa shape index (κ1) is 14.9. The fourth-order valence-electron chi connectivity index (χ4n) is 1.90. The van der Waals surface area contributed by atoms with E-state index in [0.717, 1.165) is 12.0 Å². The van der Waals surface area contributed by atoms with Crippen LogP contribution < -0.4 is 11.1 Å². The summed E-state index contributed by atoms with van der Waals surface area (Å²) in [6.07, 6.45) is 0.732. The van der Waals surface area contributed by atoms with Crippen molar-refractivity contribution >= 4 is 34.8 Å². The Morgan fingerprint density at radius 2 is 2.00 bits per heavy atom. The van der Waals surface area contributed by atoms with E-state index < -0.39 is 0 Å². The largest absolute Gasteiger partial charge is 0.384 e. The lowest BCUT2D eigenvalue weighted by Gasteiger charge is -2.17. The second kappa shape index (κ2) is 6.29. The fraction of sp³-hybridized carbons (Fsp3) is 0.286. The molecule has 4 nitrogen and oxygen atoms in total. The number of nitrogen functional groups attached to an aromatic ring is 1. The van der Waals surface area contributed by atoms with E-state index in [0.29, 0.717) is 27.5 Å². The molecule has 1 aromatic heterocycles. The highest BCUT2D eigenvalue weighted by molar-refractivity contribution is 6.35. The Morgan fingerprint density at radius 1 is 1.25 bits per heavy atom. The highest BCUT2D eigenvalue weighted by atomic mass is 35.5. The van der Waals surface area contributed by atoms with Crippen LogP contribution in [-0.4, -0.2) is 9.97 Å². The molecule has 3 N–H and O–H groups in total. The molecule has 0 bridgehead atoms. The predicted octanol–water partition coefficient (Wildman–Crippen LogP) is 4.10. The second-order valence-electron chi connectivity index (χ2n) is 4.48. The Bertz CT molecular complexity index is 616. The third kappa shape index (κ3) is 3.52. The number of nitrogens with two attached hydrogens (primary N) is 1. The molecule has 6 heteroatoms. The average Bonchev–Trinajstić information content (AvgIpc) is 2.37. The van der Waals surface area contributed by atoms with Crippen LogP contribution in [0.5, 0.6) is 0 Å². The van der Waals surface area contributed by atoms with Crippen molar-refractivity contribution in [2.24, 2.45) is 0 Å². The molecule has 2 rings (SSSR count). The fourth-order valence-corrected chi connectivity index (χ4v) is 2.47. The van der Waals surface area contributed by atoms with Gasteiger partial charge in [-0.2, -0.15) is 0 Å². The number of nitrogens with zero attached hydrogens (tertiary/aromatic N) is 2. The van der Waals surface area contributed by atoms with Crippen molar-refractivity contribution in [1.82, 2.24) is 9.97 Å². The average molecular weight is 311 g/mol. The van der Waals surface area contributed by atoms with Gasteiger partial charge in [0, 0.05) is 22.5 Å². The Balaban J connectivity index is 2.22. The molecule has 0 saturated carbocycles. The van der Waals surface area contributed by atoms with Gasteiger partial charge >= 0.3 is 0 Å². The monoisotopic (exact) mass is 310 g/mol. The molecule has 0 aliphatic heterocycles. The van der Waals surface area contributed by atoms with Crippen LogP contribution in [0.15, 0.2) is 24.3 Å². The van der Waals surface area contributed by atoms with E-state index in [1.54, 1.807) is 12.1 Å². The lowest BCUT2D eigenvalue weighted by molar-refractivity contribution is 0.858. The van der Waals surface area contributed by atoms with Gasteiger partial charge in [0.05, 0.1) is 6.04 Å². The number of anilines is 2. The maximum atomic E-state index is 6.20. The van der Waals surface area contributed by atoms with Crippen LogP contribution in [0.2, 0.25) is 10.0 Å². The van der Waals surface area contributed by atoms with Crippen molar-refractivity contribution in [2.45, 2.75) is 26.3 Å². The third-order valence-electron chi connectivity index (χ3n) is 2.90. The molecule has 0 spiro atoms. The number of nitrogens with one attached hydrogen (secondary N) is 1. The Morgan fingerprint density at radius 3 is 2.65 bits per heavy atom. The standard InChI is InChI=1S/C14H16Cl2N4/c1-3-13-19-12(17)7-14(20-13)18-8(2)10-5-4-9(15)6-11(10)16/h4-8H,3H2,1-2H3,(H3,17,18,19,20). The maximum absolute atomic E-state index is 6.20. The summed E-state index contributed by atoms with van der Waals surface area (Å²) in [6, 6.07) is 7.13. The topological polar surface area (TPSA) is 63.8 Å². The van der Waals surface area contributed by atoms with Gasteiger partial charge in [-0.05, 0) is 24.6 Å². The van der Waals surface area contributed by atoms with Crippen LogP contribution in [0.1, 0.15) is 31.3 Å². The summed E-state index contributed by atoms with van der Waals surface area (Å²) in [5, 5.41) is 4.51. The Hall–Kier alpha value is -1.52. The highest BCUT2D eigenvalue weighted by Crippen LogP contribution is 2.28. The summed E-state index contributed by atoms with van der Waals surface area (Å²) in [6.45, 7) is 3.98. The predicted molar refractivity (Wildman–Crippen MR) is 84.3 cm³/mol. The number of halogens is 2. The summed E-state index contributed by atoms with van der Waals surface area (Å²) in [7, 11) is 0. The number of hydrogen-bond donors (Lipinski definition) is 2. The van der Waals surface area contributed by atoms with Crippen molar-refractivity contribution in [3.05, 3.63) is 45.7 Å². The zero-order valence-corrected chi connectivity index (χ0v) is 12.8. The third-order valence-corrected chi connectivity index (χ3v) is 3.46. The normalized spacial score (nSPS) is 12.2. The molecule has 0 aliphatic carbocycles. The first-order valence-electron chi connectivity index (χ1n) is 6.34. The van der Waals surface area contributed by atoms with E-state index in [1.807, 2.05) is 26.0 Å². The molecular formula is C14H16Cl2N4. The Kier molecular flexibility index (Phi) is 4.68. The molecular weight excluding hydrogens is 295 g/mol. The summed E-state index contributed by atoms with van der Waals surface area (Å²) in [5.74, 6) is 1.85. The molecule has 2 aromatic rings. The zero-order chi connectivity index (χ0) is 14.7. The Labute approximate surface area is 128 Å². The zero-order valence-electron chi connectivity index (χ0n) is 11.3. The SMILES string of the molecule is CCc1nc(N)cc(NC(C)c2ccc(Cl)cc2Cl)n1. The molecule has 0 amide bonds. The minimum Gasteiger partial charge on any atom is -0.384 e. The molecule has 1 aromatic carbocycles. The number of benzene rings is 1. The molecule has 0 saturated heterocycles. The van der Waals surface area contributed by atoms with E-state index in [-0.39, 0.29) is 6.04 Å². The van der Waals surface area contributed by atoms with Gasteiger partial charge in [-0.15, -0.1) is 0 Å². The molecule has 106 valence electrons. The number of hydrogen-bond acceptors (Lipinski definition) is 4. The van der Waals surface area contributed by atoms with E-state index in [4.69, 9.17) is 28.9 Å². The summed E-state index contributed by atoms with van der Waals surface area (Å²) in [4.78, 5) is 8.54. The molecule has 0 aliphatic rings. The number of aromatic nitrogens is 2.